The van der Waals surface area contributed by atoms with Gasteiger partial charge in [-0.3, -0.25) is 4.90 Å². The third-order valence-electron chi connectivity index (χ3n) is 4.37. The molecule has 22 heavy (non-hydrogen) atoms. The Morgan fingerprint density at radius 3 is 2.36 bits per heavy atom. The molecule has 1 fully saturated rings. The zero-order valence-corrected chi connectivity index (χ0v) is 12.9. The Balaban J connectivity index is 2.33. The first-order chi connectivity index (χ1) is 10.3. The molecule has 1 aromatic rings. The number of hydrogen-bond acceptors (Lipinski definition) is 2. The quantitative estimate of drug-likeness (QED) is 0.849. The molecule has 0 saturated carbocycles. The summed E-state index contributed by atoms with van der Waals surface area (Å²) in [4.78, 5) is 2.23. The molecule has 2 atom stereocenters. The van der Waals surface area contributed by atoms with E-state index in [1.165, 1.54) is 6.07 Å². The Labute approximate surface area is 128 Å². The Hall–Kier alpha value is -1.14. The molecule has 0 amide bonds. The summed E-state index contributed by atoms with van der Waals surface area (Å²) in [6.07, 6.45) is -3.76. The minimum Gasteiger partial charge on any atom is -0.314 e. The topological polar surface area (TPSA) is 15.3 Å². The summed E-state index contributed by atoms with van der Waals surface area (Å²) in [5.74, 6) is -0.942. The molecule has 1 saturated heterocycles. The van der Waals surface area contributed by atoms with Gasteiger partial charge in [0.15, 0.2) is 0 Å². The van der Waals surface area contributed by atoms with Crippen LogP contribution in [0.2, 0.25) is 0 Å². The van der Waals surface area contributed by atoms with Gasteiger partial charge in [-0.25, -0.2) is 4.39 Å². The van der Waals surface area contributed by atoms with Crippen molar-refractivity contribution in [2.75, 3.05) is 26.2 Å². The Kier molecular flexibility index (Phi) is 5.45. The monoisotopic (exact) mass is 318 g/mol. The molecule has 0 aliphatic carbocycles. The van der Waals surface area contributed by atoms with Crippen molar-refractivity contribution in [3.05, 3.63) is 35.1 Å². The van der Waals surface area contributed by atoms with Crippen molar-refractivity contribution >= 4 is 0 Å². The van der Waals surface area contributed by atoms with Gasteiger partial charge in [-0.1, -0.05) is 26.3 Å². The molecular formula is C16H22F4N2. The zero-order valence-electron chi connectivity index (χ0n) is 12.9. The van der Waals surface area contributed by atoms with Gasteiger partial charge in [-0.15, -0.1) is 0 Å². The van der Waals surface area contributed by atoms with Crippen LogP contribution in [0.15, 0.2) is 18.2 Å². The van der Waals surface area contributed by atoms with Crippen LogP contribution in [0, 0.1) is 11.7 Å². The van der Waals surface area contributed by atoms with Crippen LogP contribution in [0.25, 0.3) is 0 Å². The second-order valence-corrected chi connectivity index (χ2v) is 5.85. The second kappa shape index (κ2) is 6.96. The molecule has 0 bridgehead atoms. The summed E-state index contributed by atoms with van der Waals surface area (Å²) in [6, 6.07) is 3.29. The van der Waals surface area contributed by atoms with Gasteiger partial charge in [0.05, 0.1) is 5.56 Å². The summed E-state index contributed by atoms with van der Waals surface area (Å²) in [5, 5.41) is 3.25. The minimum atomic E-state index is -4.65. The molecule has 0 aromatic heterocycles. The smallest absolute Gasteiger partial charge is 0.314 e. The van der Waals surface area contributed by atoms with Crippen LogP contribution < -0.4 is 5.32 Å². The van der Waals surface area contributed by atoms with E-state index in [1.807, 2.05) is 6.92 Å². The fourth-order valence-corrected chi connectivity index (χ4v) is 3.03. The van der Waals surface area contributed by atoms with Gasteiger partial charge < -0.3 is 5.32 Å². The molecule has 1 aromatic carbocycles. The molecule has 1 unspecified atom stereocenters. The van der Waals surface area contributed by atoms with Crippen LogP contribution in [0.1, 0.15) is 37.4 Å². The van der Waals surface area contributed by atoms with E-state index in [-0.39, 0.29) is 12.0 Å². The lowest BCUT2D eigenvalue weighted by Gasteiger charge is -2.38. The maximum absolute atomic E-state index is 13.9. The van der Waals surface area contributed by atoms with Crippen LogP contribution >= 0.6 is 0 Å². The standard InChI is InChI=1S/C16H22F4N2/c1-3-11(2)15(22-8-6-21-7-9-22)12-4-5-13(14(17)10-12)16(18,19)20/h4-5,10-11,15,21H,3,6-9H2,1-2H3/t11?,15-/m0/s1. The van der Waals surface area contributed by atoms with E-state index in [9.17, 15) is 17.6 Å². The molecule has 0 spiro atoms. The van der Waals surface area contributed by atoms with Crippen LogP contribution in [0.4, 0.5) is 17.6 Å². The zero-order chi connectivity index (χ0) is 16.3. The molecular weight excluding hydrogens is 296 g/mol. The predicted molar refractivity (Wildman–Crippen MR) is 78.0 cm³/mol. The molecule has 2 nitrogen and oxygen atoms in total. The lowest BCUT2D eigenvalue weighted by molar-refractivity contribution is -0.140. The van der Waals surface area contributed by atoms with Crippen molar-refractivity contribution in [3.8, 4) is 0 Å². The normalized spacial score (nSPS) is 19.9. The third-order valence-corrected chi connectivity index (χ3v) is 4.37. The van der Waals surface area contributed by atoms with Crippen LogP contribution in [0.3, 0.4) is 0 Å². The van der Waals surface area contributed by atoms with Crippen molar-refractivity contribution in [2.45, 2.75) is 32.5 Å². The summed E-state index contributed by atoms with van der Waals surface area (Å²) >= 11 is 0. The molecule has 2 rings (SSSR count). The highest BCUT2D eigenvalue weighted by Crippen LogP contribution is 2.36. The van der Waals surface area contributed by atoms with Crippen LogP contribution in [-0.2, 0) is 6.18 Å². The first kappa shape index (κ1) is 17.2. The van der Waals surface area contributed by atoms with E-state index in [0.717, 1.165) is 44.7 Å². The number of alkyl halides is 3. The maximum atomic E-state index is 13.9. The fourth-order valence-electron chi connectivity index (χ4n) is 3.03. The number of nitrogens with one attached hydrogen (secondary N) is 1. The molecule has 124 valence electrons. The molecule has 1 aliphatic rings. The van der Waals surface area contributed by atoms with Gasteiger partial charge in [0, 0.05) is 32.2 Å². The van der Waals surface area contributed by atoms with Crippen LogP contribution in [-0.4, -0.2) is 31.1 Å². The third kappa shape index (κ3) is 3.79. The van der Waals surface area contributed by atoms with E-state index in [0.29, 0.717) is 5.56 Å². The molecule has 1 aliphatic heterocycles. The number of benzene rings is 1. The molecule has 1 heterocycles. The van der Waals surface area contributed by atoms with Gasteiger partial charge in [-0.05, 0) is 23.6 Å². The molecule has 6 heteroatoms. The lowest BCUT2D eigenvalue weighted by Crippen LogP contribution is -2.46. The number of nitrogens with zero attached hydrogens (tertiary/aromatic N) is 1. The average Bonchev–Trinajstić information content (AvgIpc) is 2.47. The number of rotatable bonds is 4. The molecule has 0 radical (unpaired) electrons. The van der Waals surface area contributed by atoms with Crippen molar-refractivity contribution in [3.63, 3.8) is 0 Å². The molecule has 1 N–H and O–H groups in total. The average molecular weight is 318 g/mol. The van der Waals surface area contributed by atoms with Gasteiger partial charge in [-0.2, -0.15) is 13.2 Å². The first-order valence-corrected chi connectivity index (χ1v) is 7.66. The first-order valence-electron chi connectivity index (χ1n) is 7.66. The summed E-state index contributed by atoms with van der Waals surface area (Å²) in [6.45, 7) is 7.42. The fraction of sp³-hybridized carbons (Fsp3) is 0.625. The number of halogens is 4. The Morgan fingerprint density at radius 2 is 1.86 bits per heavy atom. The largest absolute Gasteiger partial charge is 0.419 e. The highest BCUT2D eigenvalue weighted by atomic mass is 19.4. The maximum Gasteiger partial charge on any atom is 0.419 e. The SMILES string of the molecule is CCC(C)[C@@H](c1ccc(C(F)(F)F)c(F)c1)N1CCNCC1. The summed E-state index contributed by atoms with van der Waals surface area (Å²) < 4.78 is 52.0. The van der Waals surface area contributed by atoms with E-state index >= 15 is 0 Å². The minimum absolute atomic E-state index is 0.0520. The summed E-state index contributed by atoms with van der Waals surface area (Å²) in [7, 11) is 0. The van der Waals surface area contributed by atoms with E-state index in [4.69, 9.17) is 0 Å². The predicted octanol–water partition coefficient (Wildman–Crippen LogP) is 3.84. The second-order valence-electron chi connectivity index (χ2n) is 5.85. The number of hydrogen-bond donors (Lipinski definition) is 1. The van der Waals surface area contributed by atoms with E-state index in [1.54, 1.807) is 0 Å². The van der Waals surface area contributed by atoms with E-state index < -0.39 is 17.6 Å². The van der Waals surface area contributed by atoms with E-state index in [2.05, 4.69) is 17.1 Å². The van der Waals surface area contributed by atoms with Crippen LogP contribution in [0.5, 0.6) is 0 Å². The van der Waals surface area contributed by atoms with Crippen molar-refractivity contribution < 1.29 is 17.6 Å². The van der Waals surface area contributed by atoms with Gasteiger partial charge in [0.1, 0.15) is 5.82 Å². The van der Waals surface area contributed by atoms with Gasteiger partial charge in [0.2, 0.25) is 0 Å². The lowest BCUT2D eigenvalue weighted by atomic mass is 9.90. The highest BCUT2D eigenvalue weighted by Gasteiger charge is 2.35. The van der Waals surface area contributed by atoms with Crippen molar-refractivity contribution in [2.24, 2.45) is 5.92 Å². The number of piperazine rings is 1. The summed E-state index contributed by atoms with van der Waals surface area (Å²) in [5.41, 5.74) is -0.568. The van der Waals surface area contributed by atoms with Crippen molar-refractivity contribution in [1.82, 2.24) is 10.2 Å². The van der Waals surface area contributed by atoms with Crippen molar-refractivity contribution in [1.29, 1.82) is 0 Å². The Bertz CT molecular complexity index is 495. The van der Waals surface area contributed by atoms with Gasteiger partial charge >= 0.3 is 6.18 Å². The van der Waals surface area contributed by atoms with Gasteiger partial charge in [0.25, 0.3) is 0 Å². The highest BCUT2D eigenvalue weighted by molar-refractivity contribution is 5.29. The Morgan fingerprint density at radius 1 is 1.23 bits per heavy atom.